The number of hydrogen-bond donors (Lipinski definition) is 1. The number of nitrogens with zero attached hydrogens (tertiary/aromatic N) is 1. The Kier molecular flexibility index (Phi) is 3.00. The van der Waals surface area contributed by atoms with Crippen LogP contribution in [0.5, 0.6) is 0 Å². The third-order valence-electron chi connectivity index (χ3n) is 3.83. The zero-order valence-corrected chi connectivity index (χ0v) is 12.4. The molecule has 0 unspecified atom stereocenters. The molecule has 1 aliphatic carbocycles. The largest absolute Gasteiger partial charge is 0.399 e. The summed E-state index contributed by atoms with van der Waals surface area (Å²) >= 11 is 1.82. The Bertz CT molecular complexity index is 747. The third kappa shape index (κ3) is 2.14. The molecule has 104 valence electrons. The molecule has 0 bridgehead atoms. The van der Waals surface area contributed by atoms with Crippen molar-refractivity contribution in [1.82, 2.24) is 0 Å². The lowest BCUT2D eigenvalue weighted by Crippen LogP contribution is -2.22. The summed E-state index contributed by atoms with van der Waals surface area (Å²) < 4.78 is 0. The van der Waals surface area contributed by atoms with E-state index in [1.807, 2.05) is 17.8 Å². The minimum Gasteiger partial charge on any atom is -0.399 e. The van der Waals surface area contributed by atoms with Gasteiger partial charge in [0.2, 0.25) is 0 Å². The van der Waals surface area contributed by atoms with Crippen LogP contribution in [-0.4, -0.2) is 0 Å². The Hall–Kier alpha value is -2.13. The molecule has 1 heterocycles. The van der Waals surface area contributed by atoms with Crippen molar-refractivity contribution in [3.63, 3.8) is 0 Å². The van der Waals surface area contributed by atoms with Gasteiger partial charge >= 0.3 is 0 Å². The number of benzene rings is 2. The van der Waals surface area contributed by atoms with Crippen molar-refractivity contribution in [3.8, 4) is 0 Å². The van der Waals surface area contributed by atoms with Gasteiger partial charge in [0.05, 0.1) is 5.69 Å². The zero-order chi connectivity index (χ0) is 14.2. The van der Waals surface area contributed by atoms with Gasteiger partial charge in [-0.05, 0) is 43.2 Å². The Balaban J connectivity index is 1.93. The Morgan fingerprint density at radius 1 is 1.05 bits per heavy atom. The molecule has 0 saturated carbocycles. The molecule has 0 fully saturated rings. The lowest BCUT2D eigenvalue weighted by Gasteiger charge is -2.35. The van der Waals surface area contributed by atoms with E-state index in [0.717, 1.165) is 18.5 Å². The summed E-state index contributed by atoms with van der Waals surface area (Å²) in [6.07, 6.45) is 6.68. The van der Waals surface area contributed by atoms with E-state index in [1.54, 1.807) is 0 Å². The van der Waals surface area contributed by atoms with Gasteiger partial charge in [-0.3, -0.25) is 0 Å². The molecule has 3 heteroatoms. The summed E-state index contributed by atoms with van der Waals surface area (Å²) in [7, 11) is 0. The average Bonchev–Trinajstić information content (AvgIpc) is 2.53. The topological polar surface area (TPSA) is 29.3 Å². The maximum absolute atomic E-state index is 5.97. The van der Waals surface area contributed by atoms with Crippen LogP contribution in [0.2, 0.25) is 0 Å². The fourth-order valence-electron chi connectivity index (χ4n) is 2.88. The van der Waals surface area contributed by atoms with Gasteiger partial charge in [-0.15, -0.1) is 0 Å². The molecule has 2 aromatic rings. The van der Waals surface area contributed by atoms with Crippen LogP contribution in [0.4, 0.5) is 17.1 Å². The summed E-state index contributed by atoms with van der Waals surface area (Å²) in [6.45, 7) is 0. The van der Waals surface area contributed by atoms with Crippen LogP contribution in [0.15, 0.2) is 76.2 Å². The minimum absolute atomic E-state index is 0.818. The minimum atomic E-state index is 0.818. The van der Waals surface area contributed by atoms with Crippen LogP contribution in [-0.2, 0) is 0 Å². The maximum Gasteiger partial charge on any atom is 0.0599 e. The lowest BCUT2D eigenvalue weighted by atomic mass is 10.1. The number of anilines is 3. The second-order valence-electron chi connectivity index (χ2n) is 5.25. The molecule has 2 nitrogen and oxygen atoms in total. The number of thioether (sulfide) groups is 1. The van der Waals surface area contributed by atoms with Crippen molar-refractivity contribution in [3.05, 3.63) is 71.3 Å². The van der Waals surface area contributed by atoms with Crippen LogP contribution < -0.4 is 10.6 Å². The molecular weight excluding hydrogens is 276 g/mol. The first kappa shape index (κ1) is 12.6. The van der Waals surface area contributed by atoms with E-state index in [1.165, 1.54) is 26.9 Å². The van der Waals surface area contributed by atoms with Gasteiger partial charge in [-0.25, -0.2) is 0 Å². The van der Waals surface area contributed by atoms with Gasteiger partial charge in [-0.2, -0.15) is 0 Å². The van der Waals surface area contributed by atoms with Crippen molar-refractivity contribution in [1.29, 1.82) is 0 Å². The molecule has 0 atom stereocenters. The van der Waals surface area contributed by atoms with Crippen LogP contribution >= 0.6 is 11.8 Å². The van der Waals surface area contributed by atoms with E-state index in [4.69, 9.17) is 5.73 Å². The van der Waals surface area contributed by atoms with Crippen LogP contribution in [0.3, 0.4) is 0 Å². The second-order valence-corrected chi connectivity index (χ2v) is 6.34. The summed E-state index contributed by atoms with van der Waals surface area (Å²) in [6, 6.07) is 16.8. The standard InChI is InChI=1S/C18H16N2S/c19-13-10-11-16-18(12-13)21-17-9-5-4-8-15(17)20(16)14-6-2-1-3-7-14/h1-3,5-7,9-12H,4,8,19H2. The number of nitrogen functional groups attached to an aromatic ring is 1. The molecule has 2 aromatic carbocycles. The highest BCUT2D eigenvalue weighted by Crippen LogP contribution is 2.49. The maximum atomic E-state index is 5.97. The van der Waals surface area contributed by atoms with Gasteiger partial charge in [0.15, 0.2) is 0 Å². The predicted octanol–water partition coefficient (Wildman–Crippen LogP) is 5.07. The monoisotopic (exact) mass is 292 g/mol. The molecule has 0 aromatic heterocycles. The van der Waals surface area contributed by atoms with Crippen molar-refractivity contribution in [2.24, 2.45) is 0 Å². The summed E-state index contributed by atoms with van der Waals surface area (Å²) in [4.78, 5) is 4.94. The first-order valence-corrected chi connectivity index (χ1v) is 7.97. The number of rotatable bonds is 1. The van der Waals surface area contributed by atoms with Crippen LogP contribution in [0.1, 0.15) is 12.8 Å². The van der Waals surface area contributed by atoms with E-state index in [-0.39, 0.29) is 0 Å². The molecule has 0 radical (unpaired) electrons. The number of fused-ring (bicyclic) bond motifs is 1. The lowest BCUT2D eigenvalue weighted by molar-refractivity contribution is 0.903. The third-order valence-corrected chi connectivity index (χ3v) is 4.97. The van der Waals surface area contributed by atoms with Crippen molar-refractivity contribution in [2.75, 3.05) is 10.6 Å². The zero-order valence-electron chi connectivity index (χ0n) is 11.6. The Labute approximate surface area is 129 Å². The molecule has 2 N–H and O–H groups in total. The SMILES string of the molecule is Nc1ccc2c(c1)SC1=C(CCC=C1)N2c1ccccc1. The van der Waals surface area contributed by atoms with E-state index in [9.17, 15) is 0 Å². The second kappa shape index (κ2) is 5.01. The van der Waals surface area contributed by atoms with E-state index < -0.39 is 0 Å². The van der Waals surface area contributed by atoms with Gasteiger partial charge in [0, 0.05) is 26.9 Å². The molecule has 4 rings (SSSR count). The first-order chi connectivity index (χ1) is 10.3. The summed E-state index contributed by atoms with van der Waals surface area (Å²) in [5, 5.41) is 0. The van der Waals surface area contributed by atoms with Gasteiger partial charge < -0.3 is 10.6 Å². The molecule has 21 heavy (non-hydrogen) atoms. The normalized spacial score (nSPS) is 16.7. The number of hydrogen-bond acceptors (Lipinski definition) is 3. The summed E-state index contributed by atoms with van der Waals surface area (Å²) in [5.74, 6) is 0. The molecule has 0 spiro atoms. The average molecular weight is 292 g/mol. The van der Waals surface area contributed by atoms with E-state index in [0.29, 0.717) is 0 Å². The highest BCUT2D eigenvalue weighted by atomic mass is 32.2. The van der Waals surface area contributed by atoms with Crippen molar-refractivity contribution in [2.45, 2.75) is 17.7 Å². The highest BCUT2D eigenvalue weighted by Gasteiger charge is 2.27. The fraction of sp³-hybridized carbons (Fsp3) is 0.111. The van der Waals surface area contributed by atoms with Crippen molar-refractivity contribution >= 4 is 28.8 Å². The van der Waals surface area contributed by atoms with Crippen LogP contribution in [0, 0.1) is 0 Å². The Morgan fingerprint density at radius 3 is 2.76 bits per heavy atom. The van der Waals surface area contributed by atoms with Crippen molar-refractivity contribution < 1.29 is 0 Å². The number of allylic oxidation sites excluding steroid dienone is 3. The van der Waals surface area contributed by atoms with Crippen LogP contribution in [0.25, 0.3) is 0 Å². The van der Waals surface area contributed by atoms with E-state index >= 15 is 0 Å². The number of nitrogens with two attached hydrogens (primary N) is 1. The predicted molar refractivity (Wildman–Crippen MR) is 90.7 cm³/mol. The molecular formula is C18H16N2S. The molecule has 0 saturated heterocycles. The molecule has 1 aliphatic heterocycles. The first-order valence-electron chi connectivity index (χ1n) is 7.15. The highest BCUT2D eigenvalue weighted by molar-refractivity contribution is 8.03. The molecule has 0 amide bonds. The Morgan fingerprint density at radius 2 is 1.90 bits per heavy atom. The van der Waals surface area contributed by atoms with Gasteiger partial charge in [0.25, 0.3) is 0 Å². The fourth-order valence-corrected chi connectivity index (χ4v) is 4.05. The molecule has 2 aliphatic rings. The quantitative estimate of drug-likeness (QED) is 0.744. The number of para-hydroxylation sites is 1. The smallest absolute Gasteiger partial charge is 0.0599 e. The van der Waals surface area contributed by atoms with Gasteiger partial charge in [0.1, 0.15) is 0 Å². The summed E-state index contributed by atoms with van der Waals surface area (Å²) in [5.41, 5.74) is 10.6. The van der Waals surface area contributed by atoms with E-state index in [2.05, 4.69) is 59.5 Å². The van der Waals surface area contributed by atoms with Gasteiger partial charge in [-0.1, -0.05) is 42.1 Å².